The Morgan fingerprint density at radius 2 is 2.00 bits per heavy atom. The van der Waals surface area contributed by atoms with E-state index in [1.165, 1.54) is 5.56 Å². The molecule has 0 bridgehead atoms. The molecule has 2 N–H and O–H groups in total. The summed E-state index contributed by atoms with van der Waals surface area (Å²) >= 11 is 0. The van der Waals surface area contributed by atoms with E-state index in [0.29, 0.717) is 11.8 Å². The Balaban J connectivity index is 2.25. The Morgan fingerprint density at radius 1 is 1.28 bits per heavy atom. The van der Waals surface area contributed by atoms with Gasteiger partial charge >= 0.3 is 0 Å². The highest BCUT2D eigenvalue weighted by molar-refractivity contribution is 5.26. The Hall–Kier alpha value is -1.28. The summed E-state index contributed by atoms with van der Waals surface area (Å²) in [4.78, 5) is 0. The van der Waals surface area contributed by atoms with Crippen molar-refractivity contribution in [1.82, 2.24) is 0 Å². The first-order valence-electron chi connectivity index (χ1n) is 6.87. The van der Waals surface area contributed by atoms with E-state index in [9.17, 15) is 0 Å². The summed E-state index contributed by atoms with van der Waals surface area (Å²) < 4.78 is 5.65. The van der Waals surface area contributed by atoms with E-state index in [4.69, 9.17) is 10.5 Å². The topological polar surface area (TPSA) is 35.2 Å². The molecule has 0 amide bonds. The van der Waals surface area contributed by atoms with Gasteiger partial charge in [0.05, 0.1) is 12.6 Å². The van der Waals surface area contributed by atoms with E-state index in [-0.39, 0.29) is 6.04 Å². The van der Waals surface area contributed by atoms with Gasteiger partial charge in [-0.15, -0.1) is 0 Å². The quantitative estimate of drug-likeness (QED) is 0.862. The molecule has 1 aliphatic heterocycles. The standard InChI is InChI=1S/C16H23NO/c1-3-12(2)15(13-8-5-4-6-9-13)16(17)14-10-7-11-18-14/h4-6,8-10,12,15-16H,3,7,11,17H2,1-2H3. The Labute approximate surface area is 110 Å². The van der Waals surface area contributed by atoms with Crippen molar-refractivity contribution in [2.75, 3.05) is 6.61 Å². The fraction of sp³-hybridized carbons (Fsp3) is 0.500. The Kier molecular flexibility index (Phi) is 4.43. The molecule has 3 atom stereocenters. The maximum Gasteiger partial charge on any atom is 0.109 e. The third-order valence-electron chi connectivity index (χ3n) is 3.89. The molecule has 0 fully saturated rings. The van der Waals surface area contributed by atoms with Crippen LogP contribution < -0.4 is 5.73 Å². The van der Waals surface area contributed by atoms with Gasteiger partial charge in [-0.1, -0.05) is 50.6 Å². The molecule has 2 rings (SSSR count). The lowest BCUT2D eigenvalue weighted by Crippen LogP contribution is -2.34. The predicted octanol–water partition coefficient (Wildman–Crippen LogP) is 3.45. The molecule has 0 saturated carbocycles. The third kappa shape index (κ3) is 2.75. The molecule has 18 heavy (non-hydrogen) atoms. The minimum Gasteiger partial charge on any atom is -0.496 e. The van der Waals surface area contributed by atoms with Crippen molar-refractivity contribution < 1.29 is 4.74 Å². The van der Waals surface area contributed by atoms with Crippen molar-refractivity contribution in [3.63, 3.8) is 0 Å². The Morgan fingerprint density at radius 3 is 2.56 bits per heavy atom. The van der Waals surface area contributed by atoms with E-state index >= 15 is 0 Å². The smallest absolute Gasteiger partial charge is 0.109 e. The minimum atomic E-state index is -0.0233. The van der Waals surface area contributed by atoms with Crippen LogP contribution in [-0.2, 0) is 4.74 Å². The van der Waals surface area contributed by atoms with Gasteiger partial charge in [0.15, 0.2) is 0 Å². The first kappa shape index (κ1) is 13.2. The van der Waals surface area contributed by atoms with Gasteiger partial charge in [0.25, 0.3) is 0 Å². The average molecular weight is 245 g/mol. The number of benzene rings is 1. The number of hydrogen-bond acceptors (Lipinski definition) is 2. The van der Waals surface area contributed by atoms with E-state index in [1.54, 1.807) is 0 Å². The predicted molar refractivity (Wildman–Crippen MR) is 75.3 cm³/mol. The van der Waals surface area contributed by atoms with Gasteiger partial charge in [-0.05, 0) is 17.6 Å². The molecule has 1 aromatic rings. The lowest BCUT2D eigenvalue weighted by molar-refractivity contribution is 0.208. The van der Waals surface area contributed by atoms with Crippen LogP contribution in [0.2, 0.25) is 0 Å². The van der Waals surface area contributed by atoms with E-state index < -0.39 is 0 Å². The van der Waals surface area contributed by atoms with Crippen LogP contribution in [0.3, 0.4) is 0 Å². The fourth-order valence-corrected chi connectivity index (χ4v) is 2.67. The summed E-state index contributed by atoms with van der Waals surface area (Å²) in [5, 5.41) is 0. The third-order valence-corrected chi connectivity index (χ3v) is 3.89. The van der Waals surface area contributed by atoms with Gasteiger partial charge in [0, 0.05) is 12.3 Å². The molecule has 0 radical (unpaired) electrons. The zero-order chi connectivity index (χ0) is 13.0. The molecule has 0 aliphatic carbocycles. The SMILES string of the molecule is CCC(C)C(c1ccccc1)C(N)C1=CCCO1. The van der Waals surface area contributed by atoms with Crippen molar-refractivity contribution >= 4 is 0 Å². The molecule has 1 heterocycles. The van der Waals surface area contributed by atoms with Crippen molar-refractivity contribution in [2.24, 2.45) is 11.7 Å². The maximum atomic E-state index is 6.44. The summed E-state index contributed by atoms with van der Waals surface area (Å²) in [6.45, 7) is 5.27. The number of nitrogens with two attached hydrogens (primary N) is 1. The summed E-state index contributed by atoms with van der Waals surface area (Å²) in [6.07, 6.45) is 4.26. The van der Waals surface area contributed by atoms with Crippen molar-refractivity contribution in [3.8, 4) is 0 Å². The number of rotatable bonds is 5. The van der Waals surface area contributed by atoms with Crippen molar-refractivity contribution in [3.05, 3.63) is 47.7 Å². The van der Waals surface area contributed by atoms with Gasteiger partial charge in [-0.2, -0.15) is 0 Å². The first-order chi connectivity index (χ1) is 8.74. The molecular formula is C16H23NO. The van der Waals surface area contributed by atoms with Gasteiger partial charge in [-0.3, -0.25) is 0 Å². The molecule has 0 spiro atoms. The molecular weight excluding hydrogens is 222 g/mol. The largest absolute Gasteiger partial charge is 0.496 e. The van der Waals surface area contributed by atoms with Gasteiger partial charge in [0.2, 0.25) is 0 Å². The molecule has 2 nitrogen and oxygen atoms in total. The van der Waals surface area contributed by atoms with Crippen LogP contribution in [0.4, 0.5) is 0 Å². The molecule has 1 aliphatic rings. The average Bonchev–Trinajstić information content (AvgIpc) is 2.94. The molecule has 2 heteroatoms. The maximum absolute atomic E-state index is 6.44. The van der Waals surface area contributed by atoms with Crippen LogP contribution in [0, 0.1) is 5.92 Å². The highest BCUT2D eigenvalue weighted by Crippen LogP contribution is 2.33. The van der Waals surface area contributed by atoms with Crippen LogP contribution in [0.5, 0.6) is 0 Å². The molecule has 3 unspecified atom stereocenters. The second kappa shape index (κ2) is 6.05. The summed E-state index contributed by atoms with van der Waals surface area (Å²) in [5.41, 5.74) is 7.75. The van der Waals surface area contributed by atoms with Crippen LogP contribution >= 0.6 is 0 Å². The van der Waals surface area contributed by atoms with Crippen LogP contribution in [0.15, 0.2) is 42.2 Å². The summed E-state index contributed by atoms with van der Waals surface area (Å²) in [5.74, 6) is 1.86. The van der Waals surface area contributed by atoms with E-state index in [1.807, 2.05) is 6.07 Å². The van der Waals surface area contributed by atoms with Crippen LogP contribution in [0.1, 0.15) is 38.2 Å². The highest BCUT2D eigenvalue weighted by atomic mass is 16.5. The van der Waals surface area contributed by atoms with Gasteiger partial charge < -0.3 is 10.5 Å². The second-order valence-electron chi connectivity index (χ2n) is 5.09. The highest BCUT2D eigenvalue weighted by Gasteiger charge is 2.29. The zero-order valence-electron chi connectivity index (χ0n) is 11.3. The molecule has 1 aromatic carbocycles. The number of ether oxygens (including phenoxy) is 1. The van der Waals surface area contributed by atoms with Crippen LogP contribution in [-0.4, -0.2) is 12.6 Å². The van der Waals surface area contributed by atoms with Crippen LogP contribution in [0.25, 0.3) is 0 Å². The summed E-state index contributed by atoms with van der Waals surface area (Å²) in [7, 11) is 0. The van der Waals surface area contributed by atoms with Gasteiger partial charge in [-0.25, -0.2) is 0 Å². The first-order valence-corrected chi connectivity index (χ1v) is 6.87. The lowest BCUT2D eigenvalue weighted by atomic mass is 9.80. The van der Waals surface area contributed by atoms with Gasteiger partial charge in [0.1, 0.15) is 5.76 Å². The molecule has 0 saturated heterocycles. The van der Waals surface area contributed by atoms with Crippen molar-refractivity contribution in [1.29, 1.82) is 0 Å². The monoisotopic (exact) mass is 245 g/mol. The molecule has 0 aromatic heterocycles. The van der Waals surface area contributed by atoms with E-state index in [0.717, 1.165) is 25.2 Å². The number of hydrogen-bond donors (Lipinski definition) is 1. The van der Waals surface area contributed by atoms with E-state index in [2.05, 4.69) is 44.2 Å². The zero-order valence-corrected chi connectivity index (χ0v) is 11.3. The minimum absolute atomic E-state index is 0.0233. The summed E-state index contributed by atoms with van der Waals surface area (Å²) in [6, 6.07) is 10.5. The fourth-order valence-electron chi connectivity index (χ4n) is 2.67. The Bertz CT molecular complexity index is 399. The lowest BCUT2D eigenvalue weighted by Gasteiger charge is -2.29. The second-order valence-corrected chi connectivity index (χ2v) is 5.09. The normalized spacial score (nSPS) is 19.8. The van der Waals surface area contributed by atoms with Crippen molar-refractivity contribution in [2.45, 2.75) is 38.6 Å². The molecule has 98 valence electrons.